The third-order valence-corrected chi connectivity index (χ3v) is 5.29. The average molecular weight is 380 g/mol. The molecular formula is C24H45NO2. The van der Waals surface area contributed by atoms with Gasteiger partial charge >= 0.3 is 0 Å². The van der Waals surface area contributed by atoms with Crippen LogP contribution in [0.5, 0.6) is 0 Å². The van der Waals surface area contributed by atoms with E-state index in [0.717, 1.165) is 12.8 Å². The number of hydrogen-bond acceptors (Lipinski definition) is 2. The Morgan fingerprint density at radius 2 is 0.963 bits per heavy atom. The maximum atomic E-state index is 11.6. The predicted molar refractivity (Wildman–Crippen MR) is 117 cm³/mol. The molecule has 0 aromatic rings. The van der Waals surface area contributed by atoms with E-state index in [1.807, 2.05) is 0 Å². The Morgan fingerprint density at radius 3 is 1.30 bits per heavy atom. The van der Waals surface area contributed by atoms with E-state index in [1.54, 1.807) is 6.92 Å². The maximum Gasteiger partial charge on any atom is 0.244 e. The van der Waals surface area contributed by atoms with Crippen molar-refractivity contribution >= 4 is 11.7 Å². The maximum absolute atomic E-state index is 11.6. The number of unbranched alkanes of at least 4 members (excludes halogenated alkanes) is 16. The summed E-state index contributed by atoms with van der Waals surface area (Å²) in [7, 11) is 0. The number of hydrogen-bond donors (Lipinski definition) is 1. The van der Waals surface area contributed by atoms with Crippen molar-refractivity contribution in [3.8, 4) is 0 Å². The van der Waals surface area contributed by atoms with Crippen molar-refractivity contribution in [1.29, 1.82) is 0 Å². The molecule has 0 aliphatic rings. The molecule has 0 heterocycles. The lowest BCUT2D eigenvalue weighted by Crippen LogP contribution is -2.12. The van der Waals surface area contributed by atoms with Crippen molar-refractivity contribution in [1.82, 2.24) is 0 Å². The summed E-state index contributed by atoms with van der Waals surface area (Å²) >= 11 is 0. The van der Waals surface area contributed by atoms with Crippen LogP contribution in [-0.4, -0.2) is 11.7 Å². The summed E-state index contributed by atoms with van der Waals surface area (Å²) in [5.74, 6) is -0.488. The second-order valence-corrected chi connectivity index (χ2v) is 8.06. The van der Waals surface area contributed by atoms with Crippen molar-refractivity contribution in [3.63, 3.8) is 0 Å². The topological polar surface area (TPSA) is 60.2 Å². The van der Waals surface area contributed by atoms with Gasteiger partial charge < -0.3 is 5.73 Å². The predicted octanol–water partition coefficient (Wildman–Crippen LogP) is 7.03. The van der Waals surface area contributed by atoms with Crippen LogP contribution >= 0.6 is 0 Å². The number of ketones is 1. The lowest BCUT2D eigenvalue weighted by Gasteiger charge is -2.03. The highest BCUT2D eigenvalue weighted by molar-refractivity contribution is 6.00. The van der Waals surface area contributed by atoms with Gasteiger partial charge in [0.15, 0.2) is 5.78 Å². The van der Waals surface area contributed by atoms with Crippen LogP contribution in [0.25, 0.3) is 0 Å². The first-order valence-electron chi connectivity index (χ1n) is 11.6. The van der Waals surface area contributed by atoms with Crippen molar-refractivity contribution in [2.75, 3.05) is 0 Å². The smallest absolute Gasteiger partial charge is 0.244 e. The van der Waals surface area contributed by atoms with Crippen molar-refractivity contribution < 1.29 is 9.59 Å². The van der Waals surface area contributed by atoms with Crippen LogP contribution < -0.4 is 5.73 Å². The third kappa shape index (κ3) is 19.4. The molecule has 0 aromatic carbocycles. The molecule has 0 spiro atoms. The van der Waals surface area contributed by atoms with E-state index in [1.165, 1.54) is 102 Å². The van der Waals surface area contributed by atoms with Crippen LogP contribution in [0, 0.1) is 0 Å². The molecule has 0 aromatic heterocycles. The zero-order valence-electron chi connectivity index (χ0n) is 18.2. The Balaban J connectivity index is 3.22. The third-order valence-electron chi connectivity index (χ3n) is 5.29. The number of primary amides is 1. The first-order valence-corrected chi connectivity index (χ1v) is 11.6. The zero-order chi connectivity index (χ0) is 20.2. The minimum Gasteiger partial charge on any atom is -0.366 e. The summed E-state index contributed by atoms with van der Waals surface area (Å²) in [6.45, 7) is 3.87. The van der Waals surface area contributed by atoms with Crippen molar-refractivity contribution in [2.24, 2.45) is 5.73 Å². The molecule has 27 heavy (non-hydrogen) atoms. The molecule has 0 unspecified atom stereocenters. The molecule has 0 rings (SSSR count). The van der Waals surface area contributed by atoms with Gasteiger partial charge in [0, 0.05) is 12.0 Å². The monoisotopic (exact) mass is 379 g/mol. The van der Waals surface area contributed by atoms with E-state index in [2.05, 4.69) is 6.92 Å². The SMILES string of the molecule is CCCCCCCCCCCCCCCCCCCC(=O)/C=C(/C)C(N)=O. The molecule has 0 saturated carbocycles. The van der Waals surface area contributed by atoms with Crippen molar-refractivity contribution in [2.45, 2.75) is 129 Å². The summed E-state index contributed by atoms with van der Waals surface area (Å²) in [5.41, 5.74) is 5.47. The largest absolute Gasteiger partial charge is 0.366 e. The number of carbonyl (C=O) groups is 2. The Morgan fingerprint density at radius 1 is 0.630 bits per heavy atom. The van der Waals surface area contributed by atoms with Crippen LogP contribution in [0.3, 0.4) is 0 Å². The van der Waals surface area contributed by atoms with Gasteiger partial charge in [-0.15, -0.1) is 0 Å². The van der Waals surface area contributed by atoms with Gasteiger partial charge in [-0.05, 0) is 19.4 Å². The summed E-state index contributed by atoms with van der Waals surface area (Å²) in [5, 5.41) is 0. The Labute approximate surface area is 168 Å². The van der Waals surface area contributed by atoms with Crippen molar-refractivity contribution in [3.05, 3.63) is 11.6 Å². The molecule has 0 bridgehead atoms. The second-order valence-electron chi connectivity index (χ2n) is 8.06. The molecule has 0 saturated heterocycles. The Bertz CT molecular complexity index is 401. The molecule has 3 nitrogen and oxygen atoms in total. The van der Waals surface area contributed by atoms with Gasteiger partial charge in [-0.2, -0.15) is 0 Å². The van der Waals surface area contributed by atoms with Gasteiger partial charge in [-0.25, -0.2) is 0 Å². The number of rotatable bonds is 20. The highest BCUT2D eigenvalue weighted by Crippen LogP contribution is 2.14. The summed E-state index contributed by atoms with van der Waals surface area (Å²) in [6.07, 6.45) is 24.6. The highest BCUT2D eigenvalue weighted by Gasteiger charge is 2.02. The summed E-state index contributed by atoms with van der Waals surface area (Å²) in [4.78, 5) is 22.5. The first-order chi connectivity index (χ1) is 13.1. The summed E-state index contributed by atoms with van der Waals surface area (Å²) < 4.78 is 0. The van der Waals surface area contributed by atoms with Gasteiger partial charge in [0.25, 0.3) is 0 Å². The van der Waals surface area contributed by atoms with Gasteiger partial charge in [0.1, 0.15) is 0 Å². The van der Waals surface area contributed by atoms with Gasteiger partial charge in [0.2, 0.25) is 5.91 Å². The van der Waals surface area contributed by atoms with Gasteiger partial charge in [-0.3, -0.25) is 9.59 Å². The Hall–Kier alpha value is -1.12. The fourth-order valence-electron chi connectivity index (χ4n) is 3.41. The molecule has 0 atom stereocenters. The lowest BCUT2D eigenvalue weighted by atomic mass is 10.0. The lowest BCUT2D eigenvalue weighted by molar-refractivity contribution is -0.117. The van der Waals surface area contributed by atoms with Crippen LogP contribution in [0.15, 0.2) is 11.6 Å². The molecule has 0 aliphatic carbocycles. The van der Waals surface area contributed by atoms with E-state index < -0.39 is 5.91 Å². The minimum absolute atomic E-state index is 0.0206. The summed E-state index contributed by atoms with van der Waals surface area (Å²) in [6, 6.07) is 0. The molecule has 2 N–H and O–H groups in total. The molecule has 0 radical (unpaired) electrons. The molecular weight excluding hydrogens is 334 g/mol. The molecule has 158 valence electrons. The Kier molecular flexibility index (Phi) is 18.8. The van der Waals surface area contributed by atoms with Crippen LogP contribution in [0.4, 0.5) is 0 Å². The number of nitrogens with two attached hydrogens (primary N) is 1. The number of allylic oxidation sites excluding steroid dienone is 1. The number of amides is 1. The van der Waals surface area contributed by atoms with E-state index in [4.69, 9.17) is 5.73 Å². The molecule has 0 fully saturated rings. The van der Waals surface area contributed by atoms with Gasteiger partial charge in [-0.1, -0.05) is 110 Å². The zero-order valence-corrected chi connectivity index (χ0v) is 18.2. The fraction of sp³-hybridized carbons (Fsp3) is 0.833. The molecule has 3 heteroatoms. The van der Waals surface area contributed by atoms with Gasteiger partial charge in [0.05, 0.1) is 0 Å². The van der Waals surface area contributed by atoms with E-state index in [9.17, 15) is 9.59 Å². The minimum atomic E-state index is -0.509. The first kappa shape index (κ1) is 25.9. The quantitative estimate of drug-likeness (QED) is 0.182. The van der Waals surface area contributed by atoms with Crippen LogP contribution in [-0.2, 0) is 9.59 Å². The fourth-order valence-corrected chi connectivity index (χ4v) is 3.41. The average Bonchev–Trinajstić information content (AvgIpc) is 2.64. The van der Waals surface area contributed by atoms with Crippen LogP contribution in [0.1, 0.15) is 129 Å². The standard InChI is InChI=1S/C24H45NO2/c1-3-4-5-6-7-8-9-10-11-12-13-14-15-16-17-18-19-20-23(26)21-22(2)24(25)27/h21H,3-20H2,1-2H3,(H2,25,27)/b22-21-. The van der Waals surface area contributed by atoms with E-state index >= 15 is 0 Å². The molecule has 1 amide bonds. The highest BCUT2D eigenvalue weighted by atomic mass is 16.1. The number of carbonyl (C=O) groups excluding carboxylic acids is 2. The van der Waals surface area contributed by atoms with Crippen LogP contribution in [0.2, 0.25) is 0 Å². The van der Waals surface area contributed by atoms with E-state index in [-0.39, 0.29) is 5.78 Å². The normalized spacial score (nSPS) is 11.7. The van der Waals surface area contributed by atoms with E-state index in [0.29, 0.717) is 12.0 Å². The molecule has 0 aliphatic heterocycles. The second kappa shape index (κ2) is 19.6.